The molecule has 0 fully saturated rings. The third kappa shape index (κ3) is 2.94. The van der Waals surface area contributed by atoms with E-state index in [2.05, 4.69) is 25.9 Å². The van der Waals surface area contributed by atoms with Crippen LogP contribution < -0.4 is 5.73 Å². The zero-order valence-corrected chi connectivity index (χ0v) is 10.1. The summed E-state index contributed by atoms with van der Waals surface area (Å²) in [4.78, 5) is 8.43. The van der Waals surface area contributed by atoms with E-state index in [4.69, 9.17) is 5.73 Å². The minimum Gasteiger partial charge on any atom is -0.399 e. The number of rotatable bonds is 2. The minimum atomic E-state index is 0.713. The van der Waals surface area contributed by atoms with Crippen LogP contribution >= 0.6 is 27.7 Å². The first-order valence-corrected chi connectivity index (χ1v) is 5.86. The van der Waals surface area contributed by atoms with E-state index in [0.29, 0.717) is 5.69 Å². The molecule has 0 amide bonds. The summed E-state index contributed by atoms with van der Waals surface area (Å²) in [5.41, 5.74) is 6.37. The topological polar surface area (TPSA) is 51.8 Å². The monoisotopic (exact) mass is 281 g/mol. The van der Waals surface area contributed by atoms with Gasteiger partial charge in [-0.2, -0.15) is 0 Å². The Kier molecular flexibility index (Phi) is 3.23. The van der Waals surface area contributed by atoms with Crippen LogP contribution in [0.25, 0.3) is 0 Å². The van der Waals surface area contributed by atoms with Crippen molar-refractivity contribution >= 4 is 33.4 Å². The lowest BCUT2D eigenvalue weighted by Gasteiger charge is -2.00. The standard InChI is InChI=1S/C10H8BrN3S/c11-7-1-2-9(14-6-7)15-10-5-8(12)3-4-13-10/h1-6H,(H2,12,13). The molecule has 0 bridgehead atoms. The maximum atomic E-state index is 5.66. The lowest BCUT2D eigenvalue weighted by Crippen LogP contribution is -1.87. The third-order valence-electron chi connectivity index (χ3n) is 1.67. The minimum absolute atomic E-state index is 0.713. The van der Waals surface area contributed by atoms with Crippen LogP contribution in [0.5, 0.6) is 0 Å². The van der Waals surface area contributed by atoms with Gasteiger partial charge in [-0.05, 0) is 40.2 Å². The van der Waals surface area contributed by atoms with Gasteiger partial charge in [0.15, 0.2) is 0 Å². The van der Waals surface area contributed by atoms with Gasteiger partial charge in [0, 0.05) is 22.6 Å². The molecule has 2 aromatic rings. The molecule has 3 nitrogen and oxygen atoms in total. The second-order valence-corrected chi connectivity index (χ2v) is 4.80. The SMILES string of the molecule is Nc1ccnc(Sc2ccc(Br)cn2)c1. The van der Waals surface area contributed by atoms with E-state index in [9.17, 15) is 0 Å². The van der Waals surface area contributed by atoms with Gasteiger partial charge in [0.1, 0.15) is 10.1 Å². The van der Waals surface area contributed by atoms with Crippen LogP contribution in [0.1, 0.15) is 0 Å². The van der Waals surface area contributed by atoms with Crippen molar-refractivity contribution in [1.82, 2.24) is 9.97 Å². The Morgan fingerprint density at radius 1 is 1.13 bits per heavy atom. The average Bonchev–Trinajstić information content (AvgIpc) is 2.22. The highest BCUT2D eigenvalue weighted by molar-refractivity contribution is 9.10. The Bertz CT molecular complexity index is 458. The van der Waals surface area contributed by atoms with Gasteiger partial charge in [-0.1, -0.05) is 11.8 Å². The number of halogens is 1. The zero-order valence-electron chi connectivity index (χ0n) is 7.72. The van der Waals surface area contributed by atoms with Crippen molar-refractivity contribution in [2.45, 2.75) is 10.1 Å². The number of anilines is 1. The molecule has 2 N–H and O–H groups in total. The number of pyridine rings is 2. The molecule has 0 aliphatic rings. The predicted octanol–water partition coefficient (Wildman–Crippen LogP) is 2.97. The van der Waals surface area contributed by atoms with E-state index in [0.717, 1.165) is 14.5 Å². The molecule has 2 rings (SSSR count). The van der Waals surface area contributed by atoms with Gasteiger partial charge in [0.25, 0.3) is 0 Å². The summed E-state index contributed by atoms with van der Waals surface area (Å²) in [5.74, 6) is 0. The zero-order chi connectivity index (χ0) is 10.7. The van der Waals surface area contributed by atoms with Gasteiger partial charge in [-0.25, -0.2) is 9.97 Å². The first-order chi connectivity index (χ1) is 7.24. The largest absolute Gasteiger partial charge is 0.399 e. The number of aromatic nitrogens is 2. The van der Waals surface area contributed by atoms with E-state index in [-0.39, 0.29) is 0 Å². The quantitative estimate of drug-likeness (QED) is 0.920. The Hall–Kier alpha value is -1.07. The lowest BCUT2D eigenvalue weighted by molar-refractivity contribution is 1.09. The van der Waals surface area contributed by atoms with Gasteiger partial charge in [-0.15, -0.1) is 0 Å². The summed E-state index contributed by atoms with van der Waals surface area (Å²) >= 11 is 4.82. The predicted molar refractivity (Wildman–Crippen MR) is 64.7 cm³/mol. The van der Waals surface area contributed by atoms with Crippen LogP contribution in [-0.2, 0) is 0 Å². The van der Waals surface area contributed by atoms with Gasteiger partial charge in [0.2, 0.25) is 0 Å². The fraction of sp³-hybridized carbons (Fsp3) is 0. The van der Waals surface area contributed by atoms with E-state index in [1.54, 1.807) is 18.5 Å². The van der Waals surface area contributed by atoms with Crippen molar-refractivity contribution < 1.29 is 0 Å². The third-order valence-corrected chi connectivity index (χ3v) is 3.02. The lowest BCUT2D eigenvalue weighted by atomic mass is 10.4. The van der Waals surface area contributed by atoms with Crippen LogP contribution in [-0.4, -0.2) is 9.97 Å². The Balaban J connectivity index is 2.18. The summed E-state index contributed by atoms with van der Waals surface area (Å²) in [5, 5.41) is 1.75. The molecule has 0 atom stereocenters. The molecule has 0 unspecified atom stereocenters. The molecule has 0 saturated carbocycles. The number of nitrogen functional groups attached to an aromatic ring is 1. The highest BCUT2D eigenvalue weighted by Crippen LogP contribution is 2.25. The normalized spacial score (nSPS) is 10.2. The Labute approximate surface area is 100 Å². The van der Waals surface area contributed by atoms with Crippen molar-refractivity contribution in [3.8, 4) is 0 Å². The Morgan fingerprint density at radius 3 is 2.67 bits per heavy atom. The first kappa shape index (κ1) is 10.4. The molecule has 0 aliphatic heterocycles. The summed E-state index contributed by atoms with van der Waals surface area (Å²) in [6.45, 7) is 0. The van der Waals surface area contributed by atoms with Gasteiger partial charge in [-0.3, -0.25) is 0 Å². The molecule has 0 saturated heterocycles. The number of hydrogen-bond donors (Lipinski definition) is 1. The average molecular weight is 282 g/mol. The number of nitrogens with two attached hydrogens (primary N) is 1. The highest BCUT2D eigenvalue weighted by Gasteiger charge is 2.00. The van der Waals surface area contributed by atoms with Crippen LogP contribution in [0.4, 0.5) is 5.69 Å². The Morgan fingerprint density at radius 2 is 2.00 bits per heavy atom. The fourth-order valence-corrected chi connectivity index (χ4v) is 2.01. The molecule has 0 aliphatic carbocycles. The molecular formula is C10H8BrN3S. The van der Waals surface area contributed by atoms with Crippen LogP contribution in [0.15, 0.2) is 51.2 Å². The smallest absolute Gasteiger partial charge is 0.104 e. The summed E-state index contributed by atoms with van der Waals surface area (Å²) < 4.78 is 0.965. The molecule has 5 heteroatoms. The maximum absolute atomic E-state index is 5.66. The molecule has 2 aromatic heterocycles. The van der Waals surface area contributed by atoms with Crippen LogP contribution in [0.3, 0.4) is 0 Å². The van der Waals surface area contributed by atoms with Gasteiger partial charge < -0.3 is 5.73 Å². The molecular weight excluding hydrogens is 274 g/mol. The van der Waals surface area contributed by atoms with E-state index in [1.807, 2.05) is 18.2 Å². The second kappa shape index (κ2) is 4.63. The van der Waals surface area contributed by atoms with Crippen LogP contribution in [0, 0.1) is 0 Å². The molecule has 0 aromatic carbocycles. The summed E-state index contributed by atoms with van der Waals surface area (Å²) in [6.07, 6.45) is 3.45. The van der Waals surface area contributed by atoms with Crippen molar-refractivity contribution in [1.29, 1.82) is 0 Å². The molecule has 0 radical (unpaired) electrons. The van der Waals surface area contributed by atoms with Crippen LogP contribution in [0.2, 0.25) is 0 Å². The number of nitrogens with zero attached hydrogens (tertiary/aromatic N) is 2. The van der Waals surface area contributed by atoms with Crippen molar-refractivity contribution in [3.63, 3.8) is 0 Å². The van der Waals surface area contributed by atoms with Crippen molar-refractivity contribution in [3.05, 3.63) is 41.1 Å². The highest BCUT2D eigenvalue weighted by atomic mass is 79.9. The fourth-order valence-electron chi connectivity index (χ4n) is 1.01. The van der Waals surface area contributed by atoms with E-state index < -0.39 is 0 Å². The molecule has 2 heterocycles. The number of hydrogen-bond acceptors (Lipinski definition) is 4. The molecule has 15 heavy (non-hydrogen) atoms. The molecule has 76 valence electrons. The van der Waals surface area contributed by atoms with Gasteiger partial charge >= 0.3 is 0 Å². The maximum Gasteiger partial charge on any atom is 0.104 e. The van der Waals surface area contributed by atoms with Crippen molar-refractivity contribution in [2.24, 2.45) is 0 Å². The van der Waals surface area contributed by atoms with E-state index >= 15 is 0 Å². The van der Waals surface area contributed by atoms with Crippen molar-refractivity contribution in [2.75, 3.05) is 5.73 Å². The van der Waals surface area contributed by atoms with E-state index in [1.165, 1.54) is 11.8 Å². The summed E-state index contributed by atoms with van der Waals surface area (Å²) in [7, 11) is 0. The van der Waals surface area contributed by atoms with Gasteiger partial charge in [0.05, 0.1) is 0 Å². The summed E-state index contributed by atoms with van der Waals surface area (Å²) in [6, 6.07) is 7.47. The first-order valence-electron chi connectivity index (χ1n) is 4.25. The second-order valence-electron chi connectivity index (χ2n) is 2.84. The molecule has 0 spiro atoms.